The zero-order valence-corrected chi connectivity index (χ0v) is 10.7. The SMILES string of the molecule is Cc1occc1C(=O)Nc1ccccc1OCCN. The first kappa shape index (κ1) is 13.2. The number of aryl methyl sites for hydroxylation is 1. The Balaban J connectivity index is 2.15. The summed E-state index contributed by atoms with van der Waals surface area (Å²) < 4.78 is 10.6. The highest BCUT2D eigenvalue weighted by atomic mass is 16.5. The second-order valence-electron chi connectivity index (χ2n) is 3.98. The molecule has 0 radical (unpaired) electrons. The van der Waals surface area contributed by atoms with Gasteiger partial charge < -0.3 is 20.2 Å². The summed E-state index contributed by atoms with van der Waals surface area (Å²) in [6, 6.07) is 8.86. The zero-order valence-electron chi connectivity index (χ0n) is 10.7. The third kappa shape index (κ3) is 3.14. The lowest BCUT2D eigenvalue weighted by molar-refractivity contribution is 0.102. The highest BCUT2D eigenvalue weighted by Crippen LogP contribution is 2.24. The van der Waals surface area contributed by atoms with Crippen molar-refractivity contribution in [2.45, 2.75) is 6.92 Å². The van der Waals surface area contributed by atoms with E-state index in [0.29, 0.717) is 35.9 Å². The summed E-state index contributed by atoms with van der Waals surface area (Å²) in [6.07, 6.45) is 1.49. The third-order valence-electron chi connectivity index (χ3n) is 2.61. The molecule has 0 bridgehead atoms. The maximum Gasteiger partial charge on any atom is 0.259 e. The minimum absolute atomic E-state index is 0.227. The van der Waals surface area contributed by atoms with Crippen molar-refractivity contribution in [3.05, 3.63) is 47.9 Å². The van der Waals surface area contributed by atoms with E-state index >= 15 is 0 Å². The maximum absolute atomic E-state index is 12.1. The van der Waals surface area contributed by atoms with Crippen molar-refractivity contribution in [1.82, 2.24) is 0 Å². The van der Waals surface area contributed by atoms with Crippen molar-refractivity contribution in [2.24, 2.45) is 5.73 Å². The lowest BCUT2D eigenvalue weighted by Crippen LogP contribution is -2.15. The van der Waals surface area contributed by atoms with E-state index in [0.717, 1.165) is 0 Å². The number of benzene rings is 1. The number of carbonyl (C=O) groups excluding carboxylic acids is 1. The number of furan rings is 1. The van der Waals surface area contributed by atoms with Crippen LogP contribution in [0.15, 0.2) is 41.0 Å². The van der Waals surface area contributed by atoms with Gasteiger partial charge in [-0.25, -0.2) is 0 Å². The zero-order chi connectivity index (χ0) is 13.7. The van der Waals surface area contributed by atoms with Crippen LogP contribution in [0.25, 0.3) is 0 Å². The smallest absolute Gasteiger partial charge is 0.259 e. The van der Waals surface area contributed by atoms with E-state index in [1.165, 1.54) is 6.26 Å². The summed E-state index contributed by atoms with van der Waals surface area (Å²) in [7, 11) is 0. The molecule has 2 rings (SSSR count). The van der Waals surface area contributed by atoms with Crippen LogP contribution in [0.2, 0.25) is 0 Å². The first-order valence-corrected chi connectivity index (χ1v) is 5.99. The molecule has 3 N–H and O–H groups in total. The Hall–Kier alpha value is -2.27. The number of hydrogen-bond acceptors (Lipinski definition) is 4. The number of nitrogens with one attached hydrogen (secondary N) is 1. The summed E-state index contributed by atoms with van der Waals surface area (Å²) in [6.45, 7) is 2.56. The molecule has 0 spiro atoms. The molecular weight excluding hydrogens is 244 g/mol. The Kier molecular flexibility index (Phi) is 4.20. The highest BCUT2D eigenvalue weighted by molar-refractivity contribution is 6.05. The second-order valence-corrected chi connectivity index (χ2v) is 3.98. The average Bonchev–Trinajstić information content (AvgIpc) is 2.84. The number of carbonyl (C=O) groups is 1. The predicted octanol–water partition coefficient (Wildman–Crippen LogP) is 2.18. The molecule has 0 aliphatic carbocycles. The molecule has 100 valence electrons. The Bertz CT molecular complexity index is 563. The number of hydrogen-bond donors (Lipinski definition) is 2. The summed E-state index contributed by atoms with van der Waals surface area (Å²) in [5.41, 5.74) is 6.52. The van der Waals surface area contributed by atoms with Crippen molar-refractivity contribution in [2.75, 3.05) is 18.5 Å². The average molecular weight is 260 g/mol. The van der Waals surface area contributed by atoms with Crippen LogP contribution in [-0.2, 0) is 0 Å². The van der Waals surface area contributed by atoms with Crippen molar-refractivity contribution in [3.63, 3.8) is 0 Å². The number of anilines is 1. The fraction of sp³-hybridized carbons (Fsp3) is 0.214. The molecule has 0 saturated carbocycles. The molecule has 1 aromatic heterocycles. The lowest BCUT2D eigenvalue weighted by Gasteiger charge is -2.11. The number of para-hydroxylation sites is 2. The van der Waals surface area contributed by atoms with Crippen LogP contribution in [0.3, 0.4) is 0 Å². The summed E-state index contributed by atoms with van der Waals surface area (Å²) in [4.78, 5) is 12.1. The van der Waals surface area contributed by atoms with Gasteiger partial charge in [0.15, 0.2) is 0 Å². The number of rotatable bonds is 5. The van der Waals surface area contributed by atoms with Crippen molar-refractivity contribution in [1.29, 1.82) is 0 Å². The molecule has 1 heterocycles. The van der Waals surface area contributed by atoms with E-state index in [4.69, 9.17) is 14.9 Å². The van der Waals surface area contributed by atoms with E-state index < -0.39 is 0 Å². The van der Waals surface area contributed by atoms with Crippen LogP contribution in [0.5, 0.6) is 5.75 Å². The van der Waals surface area contributed by atoms with Gasteiger partial charge in [0.2, 0.25) is 0 Å². The van der Waals surface area contributed by atoms with Gasteiger partial charge >= 0.3 is 0 Å². The minimum Gasteiger partial charge on any atom is -0.490 e. The van der Waals surface area contributed by atoms with Gasteiger partial charge in [-0.3, -0.25) is 4.79 Å². The van der Waals surface area contributed by atoms with E-state index in [9.17, 15) is 4.79 Å². The Morgan fingerprint density at radius 1 is 1.37 bits per heavy atom. The third-order valence-corrected chi connectivity index (χ3v) is 2.61. The van der Waals surface area contributed by atoms with E-state index in [1.54, 1.807) is 25.1 Å². The molecule has 5 heteroatoms. The van der Waals surface area contributed by atoms with Crippen LogP contribution in [0, 0.1) is 6.92 Å². The van der Waals surface area contributed by atoms with Gasteiger partial charge in [-0.2, -0.15) is 0 Å². The normalized spacial score (nSPS) is 10.2. The molecule has 1 aromatic carbocycles. The number of amides is 1. The molecule has 5 nitrogen and oxygen atoms in total. The fourth-order valence-electron chi connectivity index (χ4n) is 1.67. The summed E-state index contributed by atoms with van der Waals surface area (Å²) >= 11 is 0. The Morgan fingerprint density at radius 2 is 2.16 bits per heavy atom. The largest absolute Gasteiger partial charge is 0.490 e. The predicted molar refractivity (Wildman–Crippen MR) is 72.4 cm³/mol. The molecule has 19 heavy (non-hydrogen) atoms. The quantitative estimate of drug-likeness (QED) is 0.863. The lowest BCUT2D eigenvalue weighted by atomic mass is 10.2. The topological polar surface area (TPSA) is 77.5 Å². The Labute approximate surface area is 111 Å². The Morgan fingerprint density at radius 3 is 2.84 bits per heavy atom. The first-order valence-electron chi connectivity index (χ1n) is 5.99. The molecule has 2 aromatic rings. The minimum atomic E-state index is -0.227. The fourth-order valence-corrected chi connectivity index (χ4v) is 1.67. The molecule has 0 fully saturated rings. The molecule has 0 unspecified atom stereocenters. The first-order chi connectivity index (χ1) is 9.22. The molecule has 1 amide bonds. The van der Waals surface area contributed by atoms with Gasteiger partial charge in [0, 0.05) is 6.54 Å². The van der Waals surface area contributed by atoms with Gasteiger partial charge in [0.1, 0.15) is 18.1 Å². The summed E-state index contributed by atoms with van der Waals surface area (Å²) in [5.74, 6) is 0.954. The van der Waals surface area contributed by atoms with Crippen LogP contribution >= 0.6 is 0 Å². The van der Waals surface area contributed by atoms with E-state index in [1.807, 2.05) is 12.1 Å². The van der Waals surface area contributed by atoms with Crippen LogP contribution in [0.4, 0.5) is 5.69 Å². The van der Waals surface area contributed by atoms with Crippen LogP contribution < -0.4 is 15.8 Å². The van der Waals surface area contributed by atoms with E-state index in [2.05, 4.69) is 5.32 Å². The molecular formula is C14H16N2O3. The van der Waals surface area contributed by atoms with Crippen molar-refractivity contribution < 1.29 is 13.9 Å². The second kappa shape index (κ2) is 6.06. The molecule has 0 atom stereocenters. The van der Waals surface area contributed by atoms with Gasteiger partial charge in [0.05, 0.1) is 17.5 Å². The van der Waals surface area contributed by atoms with Gasteiger partial charge in [0.25, 0.3) is 5.91 Å². The number of ether oxygens (including phenoxy) is 1. The highest BCUT2D eigenvalue weighted by Gasteiger charge is 2.13. The molecule has 0 saturated heterocycles. The van der Waals surface area contributed by atoms with Crippen molar-refractivity contribution in [3.8, 4) is 5.75 Å². The summed E-state index contributed by atoms with van der Waals surface area (Å²) in [5, 5.41) is 2.80. The van der Waals surface area contributed by atoms with Gasteiger partial charge in [-0.05, 0) is 25.1 Å². The van der Waals surface area contributed by atoms with Crippen LogP contribution in [0.1, 0.15) is 16.1 Å². The maximum atomic E-state index is 12.1. The van der Waals surface area contributed by atoms with Crippen molar-refractivity contribution >= 4 is 11.6 Å². The molecule has 0 aliphatic rings. The van der Waals surface area contributed by atoms with Gasteiger partial charge in [-0.1, -0.05) is 12.1 Å². The molecule has 0 aliphatic heterocycles. The monoisotopic (exact) mass is 260 g/mol. The van der Waals surface area contributed by atoms with E-state index in [-0.39, 0.29) is 5.91 Å². The number of nitrogens with two attached hydrogens (primary N) is 1. The standard InChI is InChI=1S/C14H16N2O3/c1-10-11(6-8-18-10)14(17)16-12-4-2-3-5-13(12)19-9-7-15/h2-6,8H,7,9,15H2,1H3,(H,16,17). The van der Waals surface area contributed by atoms with Gasteiger partial charge in [-0.15, -0.1) is 0 Å². The van der Waals surface area contributed by atoms with Crippen LogP contribution in [-0.4, -0.2) is 19.1 Å².